The first-order valence-electron chi connectivity index (χ1n) is 10.5. The minimum absolute atomic E-state index is 0.00740. The van der Waals surface area contributed by atoms with E-state index in [0.717, 1.165) is 36.6 Å². The molecular formula is C22H28N4O3S. The zero-order chi connectivity index (χ0) is 21.1. The largest absolute Gasteiger partial charge is 0.373 e. The van der Waals surface area contributed by atoms with Crippen LogP contribution in [0.5, 0.6) is 0 Å². The van der Waals surface area contributed by atoms with Crippen LogP contribution in [0.15, 0.2) is 29.6 Å². The fourth-order valence-corrected chi connectivity index (χ4v) is 4.93. The number of hydrogen-bond donors (Lipinski definition) is 2. The molecule has 0 saturated carbocycles. The van der Waals surface area contributed by atoms with Crippen LogP contribution in [0.1, 0.15) is 37.9 Å². The van der Waals surface area contributed by atoms with Crippen molar-refractivity contribution in [3.05, 3.63) is 40.9 Å². The Morgan fingerprint density at radius 2 is 2.07 bits per heavy atom. The number of carbonyl (C=O) groups excluding carboxylic acids is 2. The predicted octanol–water partition coefficient (Wildman–Crippen LogP) is 3.28. The van der Waals surface area contributed by atoms with E-state index in [9.17, 15) is 9.59 Å². The van der Waals surface area contributed by atoms with Gasteiger partial charge in [0.25, 0.3) is 0 Å². The van der Waals surface area contributed by atoms with Crippen LogP contribution in [0, 0.1) is 5.92 Å². The third kappa shape index (κ3) is 5.24. The highest BCUT2D eigenvalue weighted by molar-refractivity contribution is 7.13. The molecule has 0 radical (unpaired) electrons. The Morgan fingerprint density at radius 1 is 1.30 bits per heavy atom. The summed E-state index contributed by atoms with van der Waals surface area (Å²) in [7, 11) is 0. The number of nitrogens with zero attached hydrogens (tertiary/aromatic N) is 2. The normalized spacial score (nSPS) is 24.2. The Balaban J connectivity index is 1.25. The average molecular weight is 429 g/mol. The van der Waals surface area contributed by atoms with Gasteiger partial charge in [0.15, 0.2) is 5.13 Å². The van der Waals surface area contributed by atoms with Crippen LogP contribution in [0.4, 0.5) is 10.8 Å². The van der Waals surface area contributed by atoms with Gasteiger partial charge < -0.3 is 15.4 Å². The second-order valence-electron chi connectivity index (χ2n) is 8.23. The quantitative estimate of drug-likeness (QED) is 0.738. The minimum atomic E-state index is -0.178. The number of hydrogen-bond acceptors (Lipinski definition) is 6. The van der Waals surface area contributed by atoms with Gasteiger partial charge >= 0.3 is 0 Å². The summed E-state index contributed by atoms with van der Waals surface area (Å²) in [5.41, 5.74) is 2.96. The second-order valence-corrected chi connectivity index (χ2v) is 9.09. The molecule has 2 aliphatic heterocycles. The molecule has 1 aromatic heterocycles. The Labute approximate surface area is 180 Å². The van der Waals surface area contributed by atoms with Gasteiger partial charge in [-0.05, 0) is 38.3 Å². The number of nitrogens with one attached hydrogen (secondary N) is 2. The zero-order valence-electron chi connectivity index (χ0n) is 17.4. The van der Waals surface area contributed by atoms with Gasteiger partial charge in [0.2, 0.25) is 11.8 Å². The van der Waals surface area contributed by atoms with Crippen molar-refractivity contribution in [3.8, 4) is 0 Å². The van der Waals surface area contributed by atoms with E-state index >= 15 is 0 Å². The molecule has 1 aromatic carbocycles. The Bertz CT molecular complexity index is 905. The maximum Gasteiger partial charge on any atom is 0.227 e. The van der Waals surface area contributed by atoms with Crippen LogP contribution >= 0.6 is 11.3 Å². The summed E-state index contributed by atoms with van der Waals surface area (Å²) in [5, 5.41) is 8.43. The number of para-hydroxylation sites is 1. The van der Waals surface area contributed by atoms with Crippen LogP contribution < -0.4 is 10.6 Å². The molecule has 30 heavy (non-hydrogen) atoms. The van der Waals surface area contributed by atoms with E-state index in [1.165, 1.54) is 11.3 Å². The number of anilines is 2. The number of rotatable bonds is 6. The minimum Gasteiger partial charge on any atom is -0.373 e. The number of benzene rings is 1. The molecule has 0 bridgehead atoms. The topological polar surface area (TPSA) is 83.6 Å². The van der Waals surface area contributed by atoms with Gasteiger partial charge in [-0.15, -0.1) is 11.3 Å². The van der Waals surface area contributed by atoms with Gasteiger partial charge in [-0.2, -0.15) is 0 Å². The number of aromatic nitrogens is 1. The van der Waals surface area contributed by atoms with E-state index in [-0.39, 0.29) is 29.9 Å². The highest BCUT2D eigenvalue weighted by atomic mass is 32.1. The monoisotopic (exact) mass is 428 g/mol. The van der Waals surface area contributed by atoms with E-state index in [4.69, 9.17) is 4.74 Å². The first kappa shape index (κ1) is 21.0. The average Bonchev–Trinajstić information content (AvgIpc) is 3.12. The summed E-state index contributed by atoms with van der Waals surface area (Å²) >= 11 is 1.44. The molecule has 160 valence electrons. The summed E-state index contributed by atoms with van der Waals surface area (Å²) in [5.74, 6) is -0.286. The van der Waals surface area contributed by atoms with Gasteiger partial charge in [0, 0.05) is 43.0 Å². The van der Waals surface area contributed by atoms with E-state index in [0.29, 0.717) is 24.4 Å². The van der Waals surface area contributed by atoms with Gasteiger partial charge in [0.05, 0.1) is 17.9 Å². The predicted molar refractivity (Wildman–Crippen MR) is 118 cm³/mol. The van der Waals surface area contributed by atoms with Crippen molar-refractivity contribution in [2.24, 2.45) is 5.92 Å². The van der Waals surface area contributed by atoms with Gasteiger partial charge in [-0.25, -0.2) is 4.98 Å². The van der Waals surface area contributed by atoms with Gasteiger partial charge in [-0.1, -0.05) is 18.2 Å². The first-order valence-corrected chi connectivity index (χ1v) is 11.3. The molecule has 1 saturated heterocycles. The van der Waals surface area contributed by atoms with E-state index in [2.05, 4.69) is 34.4 Å². The van der Waals surface area contributed by atoms with Crippen LogP contribution in [0.3, 0.4) is 0 Å². The van der Waals surface area contributed by atoms with Crippen molar-refractivity contribution in [2.75, 3.05) is 23.7 Å². The molecule has 3 atom stereocenters. The maximum absolute atomic E-state index is 12.4. The van der Waals surface area contributed by atoms with Crippen molar-refractivity contribution in [1.29, 1.82) is 0 Å². The van der Waals surface area contributed by atoms with Crippen molar-refractivity contribution in [1.82, 2.24) is 9.88 Å². The Morgan fingerprint density at radius 3 is 2.87 bits per heavy atom. The SMILES string of the molecule is C[C@@H]1CN(Cc2csc(NC(=O)CC[C@H]3Cc4ccccc4NC3=O)n2)C[C@@H](C)O1. The Hall–Kier alpha value is -2.29. The second kappa shape index (κ2) is 9.24. The molecule has 0 aliphatic carbocycles. The third-order valence-corrected chi connectivity index (χ3v) is 6.32. The molecule has 2 aromatic rings. The highest BCUT2D eigenvalue weighted by Crippen LogP contribution is 2.28. The third-order valence-electron chi connectivity index (χ3n) is 5.51. The lowest BCUT2D eigenvalue weighted by Gasteiger charge is -2.34. The molecular weight excluding hydrogens is 400 g/mol. The zero-order valence-corrected chi connectivity index (χ0v) is 18.2. The van der Waals surface area contributed by atoms with Crippen LogP contribution in [-0.4, -0.2) is 47.0 Å². The molecule has 2 aliphatic rings. The van der Waals surface area contributed by atoms with E-state index < -0.39 is 0 Å². The van der Waals surface area contributed by atoms with Crippen LogP contribution in [0.2, 0.25) is 0 Å². The van der Waals surface area contributed by atoms with Crippen molar-refractivity contribution >= 4 is 34.0 Å². The lowest BCUT2D eigenvalue weighted by molar-refractivity contribution is -0.121. The summed E-state index contributed by atoms with van der Waals surface area (Å²) in [6.07, 6.45) is 1.93. The molecule has 7 nitrogen and oxygen atoms in total. The standard InChI is InChI=1S/C22H28N4O3S/c1-14-10-26(11-15(2)29-14)12-18-13-30-22(23-18)25-20(27)8-7-17-9-16-5-3-4-6-19(16)24-21(17)28/h3-6,13-15,17H,7-12H2,1-2H3,(H,24,28)(H,23,25,27)/t14-,15-,17+/m1/s1. The Kier molecular flexibility index (Phi) is 6.46. The maximum atomic E-state index is 12.4. The first-order chi connectivity index (χ1) is 14.5. The van der Waals surface area contributed by atoms with Crippen LogP contribution in [0.25, 0.3) is 0 Å². The van der Waals surface area contributed by atoms with Gasteiger partial charge in [0.1, 0.15) is 0 Å². The summed E-state index contributed by atoms with van der Waals surface area (Å²) in [4.78, 5) is 31.6. The number of ether oxygens (including phenoxy) is 1. The summed E-state index contributed by atoms with van der Waals surface area (Å²) < 4.78 is 5.77. The van der Waals surface area contributed by atoms with E-state index in [1.807, 2.05) is 29.6 Å². The van der Waals surface area contributed by atoms with Crippen molar-refractivity contribution in [2.45, 2.75) is 51.9 Å². The number of fused-ring (bicyclic) bond motifs is 1. The lowest BCUT2D eigenvalue weighted by atomic mass is 9.89. The smallest absolute Gasteiger partial charge is 0.227 e. The van der Waals surface area contributed by atoms with Crippen LogP contribution in [-0.2, 0) is 27.3 Å². The molecule has 2 N–H and O–H groups in total. The molecule has 0 unspecified atom stereocenters. The molecule has 2 amide bonds. The highest BCUT2D eigenvalue weighted by Gasteiger charge is 2.26. The van der Waals surface area contributed by atoms with Crippen molar-refractivity contribution in [3.63, 3.8) is 0 Å². The molecule has 1 fully saturated rings. The molecule has 3 heterocycles. The molecule has 0 spiro atoms. The lowest BCUT2D eigenvalue weighted by Crippen LogP contribution is -2.44. The molecule has 4 rings (SSSR count). The fraction of sp³-hybridized carbons (Fsp3) is 0.500. The fourth-order valence-electron chi connectivity index (χ4n) is 4.21. The van der Waals surface area contributed by atoms with Gasteiger partial charge in [-0.3, -0.25) is 14.5 Å². The van der Waals surface area contributed by atoms with E-state index in [1.54, 1.807) is 0 Å². The number of carbonyl (C=O) groups is 2. The number of thiazole rings is 1. The number of amides is 2. The summed E-state index contributed by atoms with van der Waals surface area (Å²) in [6.45, 7) is 6.69. The van der Waals surface area contributed by atoms with Crippen molar-refractivity contribution < 1.29 is 14.3 Å². The summed E-state index contributed by atoms with van der Waals surface area (Å²) in [6, 6.07) is 7.82. The number of morpholine rings is 1. The molecule has 8 heteroatoms.